The minimum Gasteiger partial charge on any atom is -0.450 e. The monoisotopic (exact) mass is 505 g/mol. The molecule has 1 unspecified atom stereocenters. The summed E-state index contributed by atoms with van der Waals surface area (Å²) in [6.07, 6.45) is 1.57. The second-order valence-corrected chi connectivity index (χ2v) is 10.1. The molecule has 0 aliphatic carbocycles. The summed E-state index contributed by atoms with van der Waals surface area (Å²) in [5.41, 5.74) is 1.42. The number of carbonyl (C=O) groups is 2. The van der Waals surface area contributed by atoms with Gasteiger partial charge in [-0.25, -0.2) is 4.98 Å². The summed E-state index contributed by atoms with van der Waals surface area (Å²) in [6.45, 7) is 2.28. The van der Waals surface area contributed by atoms with Crippen molar-refractivity contribution in [1.29, 1.82) is 0 Å². The Balaban J connectivity index is 1.56. The molecule has 2 aromatic heterocycles. The fraction of sp³-hybridized carbons (Fsp3) is 0.103. The van der Waals surface area contributed by atoms with Crippen molar-refractivity contribution in [3.8, 4) is 0 Å². The quantitative estimate of drug-likeness (QED) is 0.344. The van der Waals surface area contributed by atoms with E-state index in [4.69, 9.17) is 4.42 Å². The summed E-state index contributed by atoms with van der Waals surface area (Å²) < 4.78 is 6.06. The number of amides is 2. The lowest BCUT2D eigenvalue weighted by Crippen LogP contribution is -2.53. The molecule has 180 valence electrons. The summed E-state index contributed by atoms with van der Waals surface area (Å²) in [5, 5.41) is 2.37. The van der Waals surface area contributed by atoms with Crippen molar-refractivity contribution >= 4 is 44.9 Å². The molecule has 0 N–H and O–H groups in total. The van der Waals surface area contributed by atoms with Crippen molar-refractivity contribution < 1.29 is 14.0 Å². The largest absolute Gasteiger partial charge is 0.450 e. The van der Waals surface area contributed by atoms with Crippen molar-refractivity contribution in [2.45, 2.75) is 19.0 Å². The van der Waals surface area contributed by atoms with Crippen LogP contribution in [0.15, 0.2) is 93.6 Å². The number of thiazole rings is 1. The molecule has 1 spiro atoms. The number of hydrogen-bond donors (Lipinski definition) is 0. The van der Waals surface area contributed by atoms with E-state index in [2.05, 4.69) is 4.98 Å². The summed E-state index contributed by atoms with van der Waals surface area (Å²) in [5.74, 6) is -1.08. The molecule has 8 heteroatoms. The van der Waals surface area contributed by atoms with Gasteiger partial charge in [-0.3, -0.25) is 19.3 Å². The van der Waals surface area contributed by atoms with E-state index in [0.717, 1.165) is 11.1 Å². The van der Waals surface area contributed by atoms with E-state index in [1.165, 1.54) is 16.2 Å². The molecular formula is C29H19N3O4S. The Kier molecular flexibility index (Phi) is 4.53. The average molecular weight is 506 g/mol. The van der Waals surface area contributed by atoms with E-state index in [1.807, 2.05) is 49.4 Å². The van der Waals surface area contributed by atoms with Gasteiger partial charge in [-0.2, -0.15) is 0 Å². The van der Waals surface area contributed by atoms with E-state index in [9.17, 15) is 14.4 Å². The molecule has 7 rings (SSSR count). The number of carbonyl (C=O) groups excluding carboxylic acids is 2. The van der Waals surface area contributed by atoms with E-state index in [0.29, 0.717) is 27.4 Å². The summed E-state index contributed by atoms with van der Waals surface area (Å²) in [7, 11) is 0. The Morgan fingerprint density at radius 1 is 0.973 bits per heavy atom. The third-order valence-corrected chi connectivity index (χ3v) is 7.82. The van der Waals surface area contributed by atoms with Crippen LogP contribution in [-0.4, -0.2) is 16.8 Å². The lowest BCUT2D eigenvalue weighted by Gasteiger charge is -2.32. The van der Waals surface area contributed by atoms with E-state index in [-0.39, 0.29) is 23.8 Å². The average Bonchev–Trinajstić information content (AvgIpc) is 3.58. The van der Waals surface area contributed by atoms with Crippen molar-refractivity contribution in [3.05, 3.63) is 123 Å². The number of anilines is 2. The van der Waals surface area contributed by atoms with Gasteiger partial charge in [0.2, 0.25) is 5.76 Å². The van der Waals surface area contributed by atoms with Gasteiger partial charge in [0.1, 0.15) is 5.58 Å². The standard InChI is InChI=1S/C29H19N3O4S/c1-17-7-6-8-18(15-17)16-31-21-11-4-3-10-20(21)29(27(31)35)23-24(33)19-9-2-5-12-22(19)36-25(23)26(34)32(29)28-30-13-14-37-28/h2-15H,16H2,1H3. The van der Waals surface area contributed by atoms with Crippen molar-refractivity contribution in [1.82, 2.24) is 4.98 Å². The summed E-state index contributed by atoms with van der Waals surface area (Å²) in [6, 6.07) is 22.0. The Morgan fingerprint density at radius 2 is 1.78 bits per heavy atom. The summed E-state index contributed by atoms with van der Waals surface area (Å²) >= 11 is 1.23. The molecular weight excluding hydrogens is 486 g/mol. The number of benzene rings is 3. The van der Waals surface area contributed by atoms with Gasteiger partial charge in [0.05, 0.1) is 23.2 Å². The molecule has 0 saturated carbocycles. The van der Waals surface area contributed by atoms with Gasteiger partial charge in [0, 0.05) is 17.1 Å². The maximum absolute atomic E-state index is 14.7. The first-order chi connectivity index (χ1) is 18.0. The Hall–Kier alpha value is -4.56. The topological polar surface area (TPSA) is 83.7 Å². The fourth-order valence-corrected chi connectivity index (χ4v) is 6.28. The first-order valence-corrected chi connectivity index (χ1v) is 12.7. The first-order valence-electron chi connectivity index (χ1n) is 11.8. The van der Waals surface area contributed by atoms with Crippen LogP contribution in [-0.2, 0) is 16.9 Å². The normalized spacial score (nSPS) is 18.2. The third-order valence-electron chi connectivity index (χ3n) is 7.07. The molecule has 2 aliphatic rings. The van der Waals surface area contributed by atoms with Gasteiger partial charge >= 0.3 is 0 Å². The molecule has 4 heterocycles. The van der Waals surface area contributed by atoms with E-state index >= 15 is 0 Å². The molecule has 2 aliphatic heterocycles. The van der Waals surface area contributed by atoms with Gasteiger partial charge in [0.25, 0.3) is 11.8 Å². The van der Waals surface area contributed by atoms with Gasteiger partial charge in [-0.15, -0.1) is 11.3 Å². The highest BCUT2D eigenvalue weighted by Crippen LogP contribution is 2.54. The smallest absolute Gasteiger partial charge is 0.297 e. The van der Waals surface area contributed by atoms with E-state index < -0.39 is 16.9 Å². The molecule has 0 fully saturated rings. The van der Waals surface area contributed by atoms with Crippen molar-refractivity contribution in [2.75, 3.05) is 9.80 Å². The number of fused-ring (bicyclic) bond motifs is 5. The predicted octanol–water partition coefficient (Wildman–Crippen LogP) is 5.01. The third kappa shape index (κ3) is 2.81. The summed E-state index contributed by atoms with van der Waals surface area (Å²) in [4.78, 5) is 50.2. The maximum Gasteiger partial charge on any atom is 0.297 e. The van der Waals surface area contributed by atoms with Crippen molar-refractivity contribution in [2.24, 2.45) is 0 Å². The number of hydrogen-bond acceptors (Lipinski definition) is 6. The van der Waals surface area contributed by atoms with Gasteiger partial charge in [-0.05, 0) is 30.7 Å². The molecule has 0 bridgehead atoms. The second-order valence-electron chi connectivity index (χ2n) is 9.19. The highest BCUT2D eigenvalue weighted by Gasteiger charge is 2.66. The van der Waals surface area contributed by atoms with Gasteiger partial charge in [-0.1, -0.05) is 60.2 Å². The van der Waals surface area contributed by atoms with Gasteiger partial charge in [0.15, 0.2) is 16.1 Å². The van der Waals surface area contributed by atoms with Crippen LogP contribution < -0.4 is 15.2 Å². The molecule has 7 nitrogen and oxygen atoms in total. The number of nitrogens with zero attached hydrogens (tertiary/aromatic N) is 3. The molecule has 37 heavy (non-hydrogen) atoms. The van der Waals surface area contributed by atoms with Crippen LogP contribution in [0.4, 0.5) is 10.8 Å². The minimum atomic E-state index is -1.73. The molecule has 1 atom stereocenters. The minimum absolute atomic E-state index is 0.0376. The molecule has 0 radical (unpaired) electrons. The molecule has 3 aromatic carbocycles. The van der Waals surface area contributed by atoms with Crippen molar-refractivity contribution in [3.63, 3.8) is 0 Å². The first kappa shape index (κ1) is 21.7. The SMILES string of the molecule is Cc1cccc(CN2C(=O)C3(c4ccccc42)c2c(oc4ccccc4c2=O)C(=O)N3c2nccs2)c1. The molecule has 2 amide bonds. The van der Waals surface area contributed by atoms with Crippen LogP contribution >= 0.6 is 11.3 Å². The number of aromatic nitrogens is 1. The Bertz CT molecular complexity index is 1810. The lowest BCUT2D eigenvalue weighted by molar-refractivity contribution is -0.121. The zero-order valence-electron chi connectivity index (χ0n) is 19.7. The van der Waals surface area contributed by atoms with Crippen LogP contribution in [0.3, 0.4) is 0 Å². The zero-order valence-corrected chi connectivity index (χ0v) is 20.5. The highest BCUT2D eigenvalue weighted by molar-refractivity contribution is 7.13. The fourth-order valence-electron chi connectivity index (χ4n) is 5.59. The zero-order chi connectivity index (χ0) is 25.3. The maximum atomic E-state index is 14.7. The number of para-hydroxylation sites is 2. The van der Waals surface area contributed by atoms with Crippen LogP contribution in [0.5, 0.6) is 0 Å². The van der Waals surface area contributed by atoms with E-state index in [1.54, 1.807) is 46.8 Å². The Morgan fingerprint density at radius 3 is 2.59 bits per heavy atom. The predicted molar refractivity (Wildman–Crippen MR) is 141 cm³/mol. The van der Waals surface area contributed by atoms with Crippen LogP contribution in [0.1, 0.15) is 32.8 Å². The highest BCUT2D eigenvalue weighted by atomic mass is 32.1. The van der Waals surface area contributed by atoms with Crippen LogP contribution in [0.25, 0.3) is 11.0 Å². The van der Waals surface area contributed by atoms with Crippen LogP contribution in [0.2, 0.25) is 0 Å². The lowest BCUT2D eigenvalue weighted by atomic mass is 9.84. The Labute approximate surface area is 215 Å². The number of rotatable bonds is 3. The molecule has 5 aromatic rings. The second kappa shape index (κ2) is 7.72. The van der Waals surface area contributed by atoms with Gasteiger partial charge < -0.3 is 9.32 Å². The van der Waals surface area contributed by atoms with Crippen LogP contribution in [0, 0.1) is 6.92 Å². The molecule has 0 saturated heterocycles. The number of aryl methyl sites for hydroxylation is 1.